The molecule has 1 saturated carbocycles. The van der Waals surface area contributed by atoms with Crippen LogP contribution in [-0.4, -0.2) is 25.0 Å². The molecule has 3 rings (SSSR count). The third kappa shape index (κ3) is 5.42. The number of rotatable bonds is 8. The van der Waals surface area contributed by atoms with E-state index in [4.69, 9.17) is 0 Å². The maximum absolute atomic E-state index is 3.34. The van der Waals surface area contributed by atoms with Gasteiger partial charge in [-0.05, 0) is 74.0 Å². The van der Waals surface area contributed by atoms with Crippen LogP contribution < -0.4 is 5.32 Å². The number of hydrogen-bond donors (Lipinski definition) is 1. The van der Waals surface area contributed by atoms with E-state index in [9.17, 15) is 0 Å². The third-order valence-corrected chi connectivity index (χ3v) is 6.62. The Balaban J connectivity index is 1.55. The SMILES string of the molecule is CNCC1CCC(CN(Cc2cccs2)Cc2cccs2)CC1. The summed E-state index contributed by atoms with van der Waals surface area (Å²) in [7, 11) is 2.08. The van der Waals surface area contributed by atoms with Gasteiger partial charge in [0.15, 0.2) is 0 Å². The Labute approximate surface area is 148 Å². The van der Waals surface area contributed by atoms with Gasteiger partial charge in [-0.15, -0.1) is 22.7 Å². The van der Waals surface area contributed by atoms with Crippen molar-refractivity contribution in [3.8, 4) is 0 Å². The van der Waals surface area contributed by atoms with Gasteiger partial charge in [0.1, 0.15) is 0 Å². The molecule has 0 unspecified atom stereocenters. The van der Waals surface area contributed by atoms with Crippen molar-refractivity contribution in [3.05, 3.63) is 44.8 Å². The maximum atomic E-state index is 3.34. The van der Waals surface area contributed by atoms with Gasteiger partial charge in [0.2, 0.25) is 0 Å². The first kappa shape index (κ1) is 17.2. The summed E-state index contributed by atoms with van der Waals surface area (Å²) in [5.74, 6) is 1.78. The van der Waals surface area contributed by atoms with Crippen LogP contribution in [0.3, 0.4) is 0 Å². The van der Waals surface area contributed by atoms with Gasteiger partial charge in [0, 0.05) is 29.4 Å². The lowest BCUT2D eigenvalue weighted by Gasteiger charge is -2.32. The molecular formula is C19H28N2S2. The second kappa shape index (κ2) is 8.97. The molecule has 126 valence electrons. The molecular weight excluding hydrogens is 320 g/mol. The van der Waals surface area contributed by atoms with E-state index < -0.39 is 0 Å². The second-order valence-corrected chi connectivity index (χ2v) is 8.84. The van der Waals surface area contributed by atoms with E-state index in [1.165, 1.54) is 48.5 Å². The Bertz CT molecular complexity index is 491. The standard InChI is InChI=1S/C19H28N2S2/c1-20-12-16-6-8-17(9-7-16)13-21(14-18-4-2-10-22-18)15-19-5-3-11-23-19/h2-5,10-11,16-17,20H,6-9,12-15H2,1H3. The van der Waals surface area contributed by atoms with E-state index in [2.05, 4.69) is 52.3 Å². The van der Waals surface area contributed by atoms with Gasteiger partial charge in [-0.3, -0.25) is 4.90 Å². The normalized spacial score (nSPS) is 21.8. The van der Waals surface area contributed by atoms with Crippen LogP contribution >= 0.6 is 22.7 Å². The zero-order valence-corrected chi connectivity index (χ0v) is 15.7. The summed E-state index contributed by atoms with van der Waals surface area (Å²) >= 11 is 3.77. The van der Waals surface area contributed by atoms with Gasteiger partial charge in [0.25, 0.3) is 0 Å². The fourth-order valence-corrected chi connectivity index (χ4v) is 5.20. The summed E-state index contributed by atoms with van der Waals surface area (Å²) in [6.07, 6.45) is 5.60. The molecule has 2 aromatic rings. The summed E-state index contributed by atoms with van der Waals surface area (Å²) in [5, 5.41) is 7.74. The van der Waals surface area contributed by atoms with Crippen molar-refractivity contribution >= 4 is 22.7 Å². The third-order valence-electron chi connectivity index (χ3n) is 4.89. The molecule has 0 amide bonds. The average Bonchev–Trinajstić information content (AvgIpc) is 3.23. The summed E-state index contributed by atoms with van der Waals surface area (Å²) in [5.41, 5.74) is 0. The highest BCUT2D eigenvalue weighted by Crippen LogP contribution is 2.30. The van der Waals surface area contributed by atoms with E-state index in [-0.39, 0.29) is 0 Å². The van der Waals surface area contributed by atoms with Crippen LogP contribution in [0.15, 0.2) is 35.0 Å². The van der Waals surface area contributed by atoms with Crippen LogP contribution in [0.2, 0.25) is 0 Å². The lowest BCUT2D eigenvalue weighted by Crippen LogP contribution is -2.32. The van der Waals surface area contributed by atoms with Gasteiger partial charge in [-0.2, -0.15) is 0 Å². The molecule has 2 heterocycles. The zero-order valence-electron chi connectivity index (χ0n) is 14.0. The van der Waals surface area contributed by atoms with E-state index in [1.807, 2.05) is 22.7 Å². The maximum Gasteiger partial charge on any atom is 0.0331 e. The van der Waals surface area contributed by atoms with Gasteiger partial charge in [-0.1, -0.05) is 12.1 Å². The minimum atomic E-state index is 0.878. The molecule has 1 aliphatic rings. The first-order valence-corrected chi connectivity index (χ1v) is 10.5. The van der Waals surface area contributed by atoms with Gasteiger partial charge in [-0.25, -0.2) is 0 Å². The van der Waals surface area contributed by atoms with Gasteiger partial charge >= 0.3 is 0 Å². The molecule has 4 heteroatoms. The van der Waals surface area contributed by atoms with E-state index >= 15 is 0 Å². The Kier molecular flexibility index (Phi) is 6.69. The Hall–Kier alpha value is -0.680. The first-order chi connectivity index (χ1) is 11.3. The second-order valence-electron chi connectivity index (χ2n) is 6.77. The fourth-order valence-electron chi connectivity index (χ4n) is 3.70. The smallest absolute Gasteiger partial charge is 0.0331 e. The van der Waals surface area contributed by atoms with Crippen LogP contribution in [0.25, 0.3) is 0 Å². The van der Waals surface area contributed by atoms with Crippen molar-refractivity contribution in [1.82, 2.24) is 10.2 Å². The molecule has 1 aliphatic carbocycles. The molecule has 0 aliphatic heterocycles. The van der Waals surface area contributed by atoms with Gasteiger partial charge < -0.3 is 5.32 Å². The molecule has 0 aromatic carbocycles. The fraction of sp³-hybridized carbons (Fsp3) is 0.579. The summed E-state index contributed by atoms with van der Waals surface area (Å²) in [6.45, 7) is 4.65. The van der Waals surface area contributed by atoms with Crippen LogP contribution in [0.4, 0.5) is 0 Å². The first-order valence-electron chi connectivity index (χ1n) is 8.75. The van der Waals surface area contributed by atoms with Crippen LogP contribution in [0, 0.1) is 11.8 Å². The molecule has 0 atom stereocenters. The van der Waals surface area contributed by atoms with E-state index in [1.54, 1.807) is 0 Å². The lowest BCUT2D eigenvalue weighted by molar-refractivity contribution is 0.170. The van der Waals surface area contributed by atoms with Crippen molar-refractivity contribution in [2.75, 3.05) is 20.1 Å². The highest BCUT2D eigenvalue weighted by molar-refractivity contribution is 7.10. The molecule has 23 heavy (non-hydrogen) atoms. The van der Waals surface area contributed by atoms with Crippen molar-refractivity contribution in [3.63, 3.8) is 0 Å². The topological polar surface area (TPSA) is 15.3 Å². The highest BCUT2D eigenvalue weighted by atomic mass is 32.1. The minimum Gasteiger partial charge on any atom is -0.319 e. The monoisotopic (exact) mass is 348 g/mol. The predicted octanol–water partition coefficient (Wildman–Crippen LogP) is 4.84. The van der Waals surface area contributed by atoms with E-state index in [0.29, 0.717) is 0 Å². The minimum absolute atomic E-state index is 0.878. The number of thiophene rings is 2. The van der Waals surface area contributed by atoms with E-state index in [0.717, 1.165) is 24.9 Å². The van der Waals surface area contributed by atoms with Crippen molar-refractivity contribution in [2.45, 2.75) is 38.8 Å². The van der Waals surface area contributed by atoms with Crippen molar-refractivity contribution < 1.29 is 0 Å². The predicted molar refractivity (Wildman–Crippen MR) is 102 cm³/mol. The van der Waals surface area contributed by atoms with Crippen LogP contribution in [0.1, 0.15) is 35.4 Å². The lowest BCUT2D eigenvalue weighted by atomic mass is 9.81. The molecule has 1 fully saturated rings. The van der Waals surface area contributed by atoms with Crippen LogP contribution in [0.5, 0.6) is 0 Å². The molecule has 0 bridgehead atoms. The average molecular weight is 349 g/mol. The molecule has 2 nitrogen and oxygen atoms in total. The van der Waals surface area contributed by atoms with Crippen LogP contribution in [-0.2, 0) is 13.1 Å². The quantitative estimate of drug-likeness (QED) is 0.734. The Morgan fingerprint density at radius 2 is 1.52 bits per heavy atom. The van der Waals surface area contributed by atoms with Crippen molar-refractivity contribution in [1.29, 1.82) is 0 Å². The Morgan fingerprint density at radius 3 is 2.00 bits per heavy atom. The zero-order chi connectivity index (χ0) is 15.9. The number of nitrogens with one attached hydrogen (secondary N) is 1. The molecule has 1 N–H and O–H groups in total. The summed E-state index contributed by atoms with van der Waals surface area (Å²) < 4.78 is 0. The summed E-state index contributed by atoms with van der Waals surface area (Å²) in [4.78, 5) is 5.65. The summed E-state index contributed by atoms with van der Waals surface area (Å²) in [6, 6.07) is 8.89. The molecule has 0 spiro atoms. The molecule has 2 aromatic heterocycles. The number of nitrogens with zero attached hydrogens (tertiary/aromatic N) is 1. The largest absolute Gasteiger partial charge is 0.319 e. The highest BCUT2D eigenvalue weighted by Gasteiger charge is 2.23. The van der Waals surface area contributed by atoms with Crippen molar-refractivity contribution in [2.24, 2.45) is 11.8 Å². The van der Waals surface area contributed by atoms with Gasteiger partial charge in [0.05, 0.1) is 0 Å². The number of hydrogen-bond acceptors (Lipinski definition) is 4. The molecule has 0 saturated heterocycles. The Morgan fingerprint density at radius 1 is 0.957 bits per heavy atom. The molecule has 0 radical (unpaired) electrons.